The maximum atomic E-state index is 12.9. The van der Waals surface area contributed by atoms with E-state index >= 15 is 0 Å². The number of hydrogen-bond donors (Lipinski definition) is 2. The van der Waals surface area contributed by atoms with E-state index in [4.69, 9.17) is 9.47 Å². The number of hydrogen-bond acceptors (Lipinski definition) is 5. The normalized spacial score (nSPS) is 19.8. The number of fused-ring (bicyclic) bond motifs is 3. The minimum Gasteiger partial charge on any atom is -0.479 e. The van der Waals surface area contributed by atoms with Crippen molar-refractivity contribution >= 4 is 18.0 Å². The Kier molecular flexibility index (Phi) is 7.12. The topological polar surface area (TPSA) is 105 Å². The van der Waals surface area contributed by atoms with Crippen LogP contribution >= 0.6 is 0 Å². The fraction of sp³-hybridized carbons (Fsp3) is 0.444. The average molecular weight is 481 g/mol. The summed E-state index contributed by atoms with van der Waals surface area (Å²) in [6, 6.07) is 15.8. The first-order valence-corrected chi connectivity index (χ1v) is 11.9. The van der Waals surface area contributed by atoms with Crippen molar-refractivity contribution in [2.24, 2.45) is 5.92 Å². The van der Waals surface area contributed by atoms with Crippen LogP contribution in [0.1, 0.15) is 43.7 Å². The molecule has 2 aliphatic rings. The minimum atomic E-state index is -1.37. The molecule has 8 heteroatoms. The van der Waals surface area contributed by atoms with E-state index in [0.29, 0.717) is 6.54 Å². The highest BCUT2D eigenvalue weighted by Gasteiger charge is 2.47. The number of carbonyl (C=O) groups is 3. The lowest BCUT2D eigenvalue weighted by atomic mass is 9.98. The standard InChI is InChI=1S/C27H32N2O6/c1-17(2)23(14-24(30)29-13-12-27(16-29,34-3)25(31)32)28-26(33)35-15-22-20-10-6-4-8-18(20)19-9-5-7-11-21(19)22/h4-11,17,22-23H,12-16H2,1-3H3,(H,28,33)(H,31,32)/t23-,27?/m0/s1. The number of nitrogens with one attached hydrogen (secondary N) is 1. The molecule has 1 unspecified atom stereocenters. The van der Waals surface area contributed by atoms with Crippen LogP contribution in [0, 0.1) is 5.92 Å². The van der Waals surface area contributed by atoms with Crippen LogP contribution in [-0.2, 0) is 19.1 Å². The fourth-order valence-electron chi connectivity index (χ4n) is 4.99. The van der Waals surface area contributed by atoms with E-state index in [2.05, 4.69) is 29.6 Å². The van der Waals surface area contributed by atoms with Gasteiger partial charge in [0.2, 0.25) is 5.91 Å². The van der Waals surface area contributed by atoms with Gasteiger partial charge in [0, 0.05) is 38.5 Å². The van der Waals surface area contributed by atoms with E-state index in [0.717, 1.165) is 22.3 Å². The molecule has 2 amide bonds. The second-order valence-electron chi connectivity index (χ2n) is 9.59. The molecule has 4 rings (SSSR count). The maximum Gasteiger partial charge on any atom is 0.407 e. The Morgan fingerprint density at radius 3 is 2.20 bits per heavy atom. The molecule has 1 aliphatic carbocycles. The van der Waals surface area contributed by atoms with Gasteiger partial charge in [-0.2, -0.15) is 0 Å². The lowest BCUT2D eigenvalue weighted by Gasteiger charge is -2.26. The van der Waals surface area contributed by atoms with Crippen molar-refractivity contribution in [1.82, 2.24) is 10.2 Å². The van der Waals surface area contributed by atoms with E-state index in [1.165, 1.54) is 12.0 Å². The van der Waals surface area contributed by atoms with Gasteiger partial charge in [0.1, 0.15) is 6.61 Å². The molecule has 1 saturated heterocycles. The summed E-state index contributed by atoms with van der Waals surface area (Å²) >= 11 is 0. The molecule has 2 aromatic carbocycles. The molecule has 8 nitrogen and oxygen atoms in total. The van der Waals surface area contributed by atoms with E-state index < -0.39 is 23.7 Å². The summed E-state index contributed by atoms with van der Waals surface area (Å²) in [7, 11) is 1.34. The smallest absolute Gasteiger partial charge is 0.407 e. The first kappa shape index (κ1) is 24.7. The summed E-state index contributed by atoms with van der Waals surface area (Å²) in [6.07, 6.45) is -0.283. The molecule has 2 aromatic rings. The summed E-state index contributed by atoms with van der Waals surface area (Å²) in [4.78, 5) is 38.7. The second-order valence-corrected chi connectivity index (χ2v) is 9.59. The maximum absolute atomic E-state index is 12.9. The van der Waals surface area contributed by atoms with Crippen molar-refractivity contribution in [3.05, 3.63) is 59.7 Å². The Labute approximate surface area is 205 Å². The van der Waals surface area contributed by atoms with E-state index in [1.54, 1.807) is 0 Å². The monoisotopic (exact) mass is 480 g/mol. The van der Waals surface area contributed by atoms with E-state index in [1.807, 2.05) is 38.1 Å². The number of methoxy groups -OCH3 is 1. The first-order valence-electron chi connectivity index (χ1n) is 11.9. The minimum absolute atomic E-state index is 0.00652. The van der Waals surface area contributed by atoms with Crippen molar-refractivity contribution in [2.75, 3.05) is 26.8 Å². The van der Waals surface area contributed by atoms with Gasteiger partial charge in [0.15, 0.2) is 5.60 Å². The van der Waals surface area contributed by atoms with Gasteiger partial charge in [0.05, 0.1) is 6.54 Å². The van der Waals surface area contributed by atoms with E-state index in [-0.39, 0.29) is 43.7 Å². The van der Waals surface area contributed by atoms with Gasteiger partial charge in [-0.05, 0) is 28.2 Å². The zero-order chi connectivity index (χ0) is 25.2. The van der Waals surface area contributed by atoms with Gasteiger partial charge in [0.25, 0.3) is 0 Å². The Morgan fingerprint density at radius 2 is 1.69 bits per heavy atom. The van der Waals surface area contributed by atoms with Crippen molar-refractivity contribution in [1.29, 1.82) is 0 Å². The highest BCUT2D eigenvalue weighted by Crippen LogP contribution is 2.44. The summed E-state index contributed by atoms with van der Waals surface area (Å²) in [5, 5.41) is 12.3. The number of ether oxygens (including phenoxy) is 2. The first-order chi connectivity index (χ1) is 16.8. The zero-order valence-corrected chi connectivity index (χ0v) is 20.3. The molecule has 1 fully saturated rings. The molecule has 186 valence electrons. The van der Waals surface area contributed by atoms with Crippen LogP contribution in [0.15, 0.2) is 48.5 Å². The van der Waals surface area contributed by atoms with Gasteiger partial charge in [-0.1, -0.05) is 62.4 Å². The summed E-state index contributed by atoms with van der Waals surface area (Å²) in [5.41, 5.74) is 3.20. The van der Waals surface area contributed by atoms with Crippen LogP contribution in [0.25, 0.3) is 11.1 Å². The Bertz CT molecular complexity index is 1070. The van der Waals surface area contributed by atoms with Gasteiger partial charge in [-0.15, -0.1) is 0 Å². The van der Waals surface area contributed by atoms with Crippen LogP contribution < -0.4 is 5.32 Å². The highest BCUT2D eigenvalue weighted by molar-refractivity contribution is 5.83. The number of likely N-dealkylation sites (tertiary alicyclic amines) is 1. The highest BCUT2D eigenvalue weighted by atomic mass is 16.5. The lowest BCUT2D eigenvalue weighted by Crippen LogP contribution is -2.46. The number of alkyl carbamates (subject to hydrolysis) is 1. The van der Waals surface area contributed by atoms with Gasteiger partial charge < -0.3 is 24.8 Å². The summed E-state index contributed by atoms with van der Waals surface area (Å²) in [5.74, 6) is -1.36. The Balaban J connectivity index is 1.36. The predicted octanol–water partition coefficient (Wildman–Crippen LogP) is 3.64. The molecule has 0 radical (unpaired) electrons. The van der Waals surface area contributed by atoms with Crippen LogP contribution in [0.3, 0.4) is 0 Å². The molecule has 0 spiro atoms. The number of carbonyl (C=O) groups excluding carboxylic acids is 2. The number of benzene rings is 2. The average Bonchev–Trinajstić information content (AvgIpc) is 3.43. The Morgan fingerprint density at radius 1 is 1.09 bits per heavy atom. The zero-order valence-electron chi connectivity index (χ0n) is 20.3. The molecular formula is C27H32N2O6. The molecule has 1 aliphatic heterocycles. The molecule has 0 aromatic heterocycles. The van der Waals surface area contributed by atoms with Gasteiger partial charge >= 0.3 is 12.1 Å². The number of carboxylic acids is 1. The predicted molar refractivity (Wildman–Crippen MR) is 130 cm³/mol. The number of rotatable bonds is 8. The second kappa shape index (κ2) is 10.1. The molecule has 2 atom stereocenters. The molecule has 1 heterocycles. The van der Waals surface area contributed by atoms with E-state index in [9.17, 15) is 19.5 Å². The molecule has 2 N–H and O–H groups in total. The molecule has 0 bridgehead atoms. The van der Waals surface area contributed by atoms with Crippen LogP contribution in [-0.4, -0.2) is 66.4 Å². The number of aliphatic carboxylic acids is 1. The number of nitrogens with zero attached hydrogens (tertiary/aromatic N) is 1. The van der Waals surface area contributed by atoms with Gasteiger partial charge in [-0.3, -0.25) is 4.79 Å². The van der Waals surface area contributed by atoms with Crippen molar-refractivity contribution in [2.45, 2.75) is 44.2 Å². The van der Waals surface area contributed by atoms with Crippen LogP contribution in [0.5, 0.6) is 0 Å². The van der Waals surface area contributed by atoms with Crippen molar-refractivity contribution in [3.63, 3.8) is 0 Å². The fourth-order valence-corrected chi connectivity index (χ4v) is 4.99. The Hall–Kier alpha value is -3.39. The molecule has 35 heavy (non-hydrogen) atoms. The molecule has 0 saturated carbocycles. The lowest BCUT2D eigenvalue weighted by molar-refractivity contribution is -0.161. The third-order valence-corrected chi connectivity index (χ3v) is 7.21. The number of amides is 2. The SMILES string of the molecule is COC1(C(=O)O)CCN(C(=O)C[C@H](NC(=O)OCC2c3ccccc3-c3ccccc32)C(C)C)C1. The van der Waals surface area contributed by atoms with Gasteiger partial charge in [-0.25, -0.2) is 9.59 Å². The van der Waals surface area contributed by atoms with Crippen molar-refractivity contribution < 1.29 is 29.0 Å². The van der Waals surface area contributed by atoms with Crippen LogP contribution in [0.2, 0.25) is 0 Å². The molecular weight excluding hydrogens is 448 g/mol. The summed E-state index contributed by atoms with van der Waals surface area (Å²) < 4.78 is 10.8. The third kappa shape index (κ3) is 4.89. The summed E-state index contributed by atoms with van der Waals surface area (Å²) in [6.45, 7) is 4.33. The third-order valence-electron chi connectivity index (χ3n) is 7.21. The van der Waals surface area contributed by atoms with Crippen LogP contribution in [0.4, 0.5) is 4.79 Å². The van der Waals surface area contributed by atoms with Crippen molar-refractivity contribution in [3.8, 4) is 11.1 Å². The quantitative estimate of drug-likeness (QED) is 0.598. The number of carboxylic acid groups (broad SMARTS) is 1. The largest absolute Gasteiger partial charge is 0.479 e.